The zero-order valence-corrected chi connectivity index (χ0v) is 7.06. The fourth-order valence-electron chi connectivity index (χ4n) is 1.01. The molecule has 66 valence electrons. The molecular formula is C7H4ClN3O2. The largest absolute Gasteiger partial charge is 0.477 e. The first-order valence-corrected chi connectivity index (χ1v) is 3.78. The Morgan fingerprint density at radius 2 is 2.15 bits per heavy atom. The van der Waals surface area contributed by atoms with Gasteiger partial charge in [-0.2, -0.15) is 0 Å². The van der Waals surface area contributed by atoms with Crippen molar-refractivity contribution in [2.75, 3.05) is 0 Å². The summed E-state index contributed by atoms with van der Waals surface area (Å²) in [6.07, 6.45) is 4.11. The van der Waals surface area contributed by atoms with Gasteiger partial charge in [0, 0.05) is 6.20 Å². The summed E-state index contributed by atoms with van der Waals surface area (Å²) < 4.78 is 1.32. The lowest BCUT2D eigenvalue weighted by atomic mass is 10.5. The van der Waals surface area contributed by atoms with Gasteiger partial charge in [-0.15, -0.1) is 0 Å². The summed E-state index contributed by atoms with van der Waals surface area (Å²) in [5.74, 6) is -0.738. The van der Waals surface area contributed by atoms with Gasteiger partial charge in [0.15, 0.2) is 5.69 Å². The summed E-state index contributed by atoms with van der Waals surface area (Å²) in [7, 11) is 0. The minimum atomic E-state index is -1.06. The third-order valence-corrected chi connectivity index (χ3v) is 1.75. The molecule has 6 heteroatoms. The molecule has 0 aliphatic rings. The van der Waals surface area contributed by atoms with Crippen LogP contribution in [0.5, 0.6) is 0 Å². The Balaban J connectivity index is 2.79. The minimum Gasteiger partial charge on any atom is -0.477 e. The van der Waals surface area contributed by atoms with E-state index in [4.69, 9.17) is 16.7 Å². The molecule has 2 aromatic heterocycles. The molecule has 0 unspecified atom stereocenters. The molecule has 0 saturated carbocycles. The maximum absolute atomic E-state index is 10.7. The number of aromatic carboxylic acids is 1. The van der Waals surface area contributed by atoms with Crippen LogP contribution < -0.4 is 0 Å². The number of hydrogen-bond donors (Lipinski definition) is 1. The topological polar surface area (TPSA) is 67.5 Å². The van der Waals surface area contributed by atoms with Crippen molar-refractivity contribution in [1.29, 1.82) is 0 Å². The lowest BCUT2D eigenvalue weighted by Crippen LogP contribution is -2.01. The summed E-state index contributed by atoms with van der Waals surface area (Å²) in [5, 5.41) is 9.10. The van der Waals surface area contributed by atoms with Crippen LogP contribution in [0.4, 0.5) is 0 Å². The van der Waals surface area contributed by atoms with E-state index in [1.807, 2.05) is 0 Å². The Morgan fingerprint density at radius 1 is 1.46 bits per heavy atom. The van der Waals surface area contributed by atoms with Gasteiger partial charge in [0.2, 0.25) is 5.78 Å². The highest BCUT2D eigenvalue weighted by Gasteiger charge is 2.10. The highest BCUT2D eigenvalue weighted by atomic mass is 35.5. The van der Waals surface area contributed by atoms with Crippen LogP contribution in [0.1, 0.15) is 10.5 Å². The Kier molecular flexibility index (Phi) is 1.66. The summed E-state index contributed by atoms with van der Waals surface area (Å²) >= 11 is 5.65. The second-order valence-corrected chi connectivity index (χ2v) is 2.83. The highest BCUT2D eigenvalue weighted by molar-refractivity contribution is 6.30. The van der Waals surface area contributed by atoms with Crippen LogP contribution in [-0.2, 0) is 0 Å². The second-order valence-electron chi connectivity index (χ2n) is 2.39. The Bertz CT molecular complexity index is 480. The third kappa shape index (κ3) is 1.23. The molecule has 2 aromatic rings. The fraction of sp³-hybridized carbons (Fsp3) is 0. The van der Waals surface area contributed by atoms with E-state index >= 15 is 0 Å². The first-order chi connectivity index (χ1) is 6.18. The molecule has 0 atom stereocenters. The van der Waals surface area contributed by atoms with E-state index < -0.39 is 5.97 Å². The van der Waals surface area contributed by atoms with E-state index in [2.05, 4.69) is 9.97 Å². The van der Waals surface area contributed by atoms with Gasteiger partial charge >= 0.3 is 5.97 Å². The van der Waals surface area contributed by atoms with Crippen molar-refractivity contribution in [2.24, 2.45) is 0 Å². The number of hydrogen-bond acceptors (Lipinski definition) is 3. The van der Waals surface area contributed by atoms with E-state index in [0.717, 1.165) is 0 Å². The number of carboxylic acid groups (broad SMARTS) is 1. The Morgan fingerprint density at radius 3 is 2.85 bits per heavy atom. The van der Waals surface area contributed by atoms with Crippen LogP contribution in [0, 0.1) is 0 Å². The SMILES string of the molecule is O=C(O)c1cnc2ncc(Cl)cn12. The maximum atomic E-state index is 10.7. The lowest BCUT2D eigenvalue weighted by molar-refractivity contribution is 0.0689. The number of rotatable bonds is 1. The maximum Gasteiger partial charge on any atom is 0.354 e. The van der Waals surface area contributed by atoms with E-state index in [-0.39, 0.29) is 5.69 Å². The van der Waals surface area contributed by atoms with Gasteiger partial charge in [-0.05, 0) is 0 Å². The zero-order chi connectivity index (χ0) is 9.42. The second kappa shape index (κ2) is 2.70. The number of imidazole rings is 1. The molecule has 0 saturated heterocycles. The number of aromatic nitrogens is 3. The lowest BCUT2D eigenvalue weighted by Gasteiger charge is -1.95. The predicted octanol–water partition coefficient (Wildman–Crippen LogP) is 1.08. The molecule has 2 heterocycles. The molecule has 0 spiro atoms. The van der Waals surface area contributed by atoms with E-state index in [1.54, 1.807) is 0 Å². The molecule has 2 rings (SSSR count). The monoisotopic (exact) mass is 197 g/mol. The molecule has 0 radical (unpaired) electrons. The average molecular weight is 198 g/mol. The summed E-state index contributed by atoms with van der Waals surface area (Å²) in [6.45, 7) is 0. The summed E-state index contributed by atoms with van der Waals surface area (Å²) in [5.41, 5.74) is 0.0463. The minimum absolute atomic E-state index is 0.0463. The number of carboxylic acids is 1. The van der Waals surface area contributed by atoms with Crippen molar-refractivity contribution in [3.8, 4) is 0 Å². The molecule has 0 aliphatic heterocycles. The van der Waals surface area contributed by atoms with Gasteiger partial charge in [-0.25, -0.2) is 14.8 Å². The summed E-state index contributed by atoms with van der Waals surface area (Å²) in [4.78, 5) is 18.3. The van der Waals surface area contributed by atoms with Crippen LogP contribution in [0.3, 0.4) is 0 Å². The molecule has 0 bridgehead atoms. The summed E-state index contributed by atoms with van der Waals surface area (Å²) in [6, 6.07) is 0. The van der Waals surface area contributed by atoms with Gasteiger partial charge in [-0.3, -0.25) is 4.40 Å². The van der Waals surface area contributed by atoms with Gasteiger partial charge in [-0.1, -0.05) is 11.6 Å². The van der Waals surface area contributed by atoms with Crippen molar-refractivity contribution >= 4 is 23.3 Å². The molecule has 13 heavy (non-hydrogen) atoms. The smallest absolute Gasteiger partial charge is 0.354 e. The number of fused-ring (bicyclic) bond motifs is 1. The van der Waals surface area contributed by atoms with Crippen molar-refractivity contribution in [3.05, 3.63) is 29.3 Å². The van der Waals surface area contributed by atoms with Crippen LogP contribution in [0.25, 0.3) is 5.78 Å². The third-order valence-electron chi connectivity index (χ3n) is 1.55. The van der Waals surface area contributed by atoms with Crippen LogP contribution in [-0.4, -0.2) is 25.4 Å². The normalized spacial score (nSPS) is 10.5. The van der Waals surface area contributed by atoms with Crippen molar-refractivity contribution in [2.45, 2.75) is 0 Å². The Labute approximate surface area is 77.6 Å². The molecule has 0 aliphatic carbocycles. The van der Waals surface area contributed by atoms with Crippen molar-refractivity contribution < 1.29 is 9.90 Å². The zero-order valence-electron chi connectivity index (χ0n) is 6.31. The molecule has 5 nitrogen and oxygen atoms in total. The standard InChI is InChI=1S/C7H4ClN3O2/c8-4-1-9-7-10-2-5(6(12)13)11(7)3-4/h1-3H,(H,12,13). The fourth-order valence-corrected chi connectivity index (χ4v) is 1.15. The number of carbonyl (C=O) groups is 1. The van der Waals surface area contributed by atoms with Gasteiger partial charge in [0.05, 0.1) is 17.4 Å². The Hall–Kier alpha value is -1.62. The van der Waals surface area contributed by atoms with Gasteiger partial charge in [0.25, 0.3) is 0 Å². The van der Waals surface area contributed by atoms with E-state index in [1.165, 1.54) is 23.0 Å². The van der Waals surface area contributed by atoms with Crippen LogP contribution >= 0.6 is 11.6 Å². The molecule has 0 fully saturated rings. The van der Waals surface area contributed by atoms with Gasteiger partial charge < -0.3 is 5.11 Å². The van der Waals surface area contributed by atoms with Crippen LogP contribution in [0.2, 0.25) is 5.02 Å². The molecule has 1 N–H and O–H groups in total. The highest BCUT2D eigenvalue weighted by Crippen LogP contribution is 2.09. The quantitative estimate of drug-likeness (QED) is 0.743. The van der Waals surface area contributed by atoms with Gasteiger partial charge in [0.1, 0.15) is 0 Å². The van der Waals surface area contributed by atoms with E-state index in [0.29, 0.717) is 10.8 Å². The molecule has 0 aromatic carbocycles. The van der Waals surface area contributed by atoms with Crippen molar-refractivity contribution in [3.63, 3.8) is 0 Å². The predicted molar refractivity (Wildman–Crippen MR) is 45.0 cm³/mol. The van der Waals surface area contributed by atoms with Crippen LogP contribution in [0.15, 0.2) is 18.6 Å². The average Bonchev–Trinajstić information content (AvgIpc) is 2.46. The van der Waals surface area contributed by atoms with E-state index in [9.17, 15) is 4.79 Å². The number of nitrogens with zero attached hydrogens (tertiary/aromatic N) is 3. The molecular weight excluding hydrogens is 194 g/mol. The molecule has 0 amide bonds. The number of halogens is 1. The first-order valence-electron chi connectivity index (χ1n) is 3.40. The first kappa shape index (κ1) is 8.00. The van der Waals surface area contributed by atoms with Crippen molar-refractivity contribution in [1.82, 2.24) is 14.4 Å².